The van der Waals surface area contributed by atoms with E-state index in [0.29, 0.717) is 31.8 Å². The summed E-state index contributed by atoms with van der Waals surface area (Å²) in [5, 5.41) is 0. The SMILES string of the molecule is CC(C)CN1C(=O)CC[C@@H](C(=O)N2CCN(c3ncccn3)CC2)[C@H]1C. The molecule has 0 aromatic carbocycles. The Kier molecular flexibility index (Phi) is 5.74. The Balaban J connectivity index is 1.60. The molecule has 2 saturated heterocycles. The molecule has 0 bridgehead atoms. The predicted molar refractivity (Wildman–Crippen MR) is 99.6 cm³/mol. The van der Waals surface area contributed by atoms with Crippen LogP contribution in [0, 0.1) is 11.8 Å². The third-order valence-electron chi connectivity index (χ3n) is 5.37. The summed E-state index contributed by atoms with van der Waals surface area (Å²) >= 11 is 0. The summed E-state index contributed by atoms with van der Waals surface area (Å²) < 4.78 is 0. The molecular formula is C19H29N5O2. The minimum Gasteiger partial charge on any atom is -0.339 e. The van der Waals surface area contributed by atoms with Crippen LogP contribution in [0.15, 0.2) is 18.5 Å². The van der Waals surface area contributed by atoms with Crippen molar-refractivity contribution in [3.63, 3.8) is 0 Å². The first-order valence-electron chi connectivity index (χ1n) is 9.57. The van der Waals surface area contributed by atoms with Crippen molar-refractivity contribution in [3.8, 4) is 0 Å². The fourth-order valence-electron chi connectivity index (χ4n) is 3.92. The Labute approximate surface area is 155 Å². The number of hydrogen-bond donors (Lipinski definition) is 0. The summed E-state index contributed by atoms with van der Waals surface area (Å²) in [6, 6.07) is 1.78. The van der Waals surface area contributed by atoms with Crippen molar-refractivity contribution in [2.24, 2.45) is 11.8 Å². The average molecular weight is 359 g/mol. The zero-order valence-electron chi connectivity index (χ0n) is 16.0. The van der Waals surface area contributed by atoms with Gasteiger partial charge in [0.1, 0.15) is 0 Å². The minimum atomic E-state index is -0.0917. The molecule has 2 aliphatic rings. The summed E-state index contributed by atoms with van der Waals surface area (Å²) in [6.45, 7) is 9.81. The summed E-state index contributed by atoms with van der Waals surface area (Å²) in [4.78, 5) is 39.9. The van der Waals surface area contributed by atoms with Gasteiger partial charge in [0.05, 0.1) is 5.92 Å². The molecule has 2 fully saturated rings. The molecule has 2 amide bonds. The molecule has 7 nitrogen and oxygen atoms in total. The van der Waals surface area contributed by atoms with Gasteiger partial charge >= 0.3 is 0 Å². The molecule has 0 spiro atoms. The zero-order chi connectivity index (χ0) is 18.7. The second-order valence-corrected chi connectivity index (χ2v) is 7.69. The smallest absolute Gasteiger partial charge is 0.227 e. The maximum atomic E-state index is 13.1. The van der Waals surface area contributed by atoms with E-state index in [1.807, 2.05) is 16.7 Å². The normalized spacial score (nSPS) is 24.3. The molecule has 0 radical (unpaired) electrons. The topological polar surface area (TPSA) is 69.6 Å². The number of piperidine rings is 1. The standard InChI is InChI=1S/C19H29N5O2/c1-14(2)13-24-15(3)16(5-6-17(24)25)18(26)22-9-11-23(12-10-22)19-20-7-4-8-21-19/h4,7-8,14-16H,5-6,9-13H2,1-3H3/t15-,16-/m1/s1. The number of hydrogen-bond acceptors (Lipinski definition) is 5. The van der Waals surface area contributed by atoms with E-state index < -0.39 is 0 Å². The highest BCUT2D eigenvalue weighted by atomic mass is 16.2. The summed E-state index contributed by atoms with van der Waals surface area (Å²) in [6.07, 6.45) is 4.62. The van der Waals surface area contributed by atoms with Gasteiger partial charge in [-0.15, -0.1) is 0 Å². The molecule has 3 rings (SSSR count). The maximum Gasteiger partial charge on any atom is 0.227 e. The van der Waals surface area contributed by atoms with Gasteiger partial charge in [-0.25, -0.2) is 9.97 Å². The number of nitrogens with zero attached hydrogens (tertiary/aromatic N) is 5. The Morgan fingerprint density at radius 3 is 2.46 bits per heavy atom. The van der Waals surface area contributed by atoms with Gasteiger partial charge in [-0.2, -0.15) is 0 Å². The van der Waals surface area contributed by atoms with E-state index in [1.54, 1.807) is 18.5 Å². The van der Waals surface area contributed by atoms with E-state index in [-0.39, 0.29) is 23.8 Å². The highest BCUT2D eigenvalue weighted by Gasteiger charge is 2.39. The second kappa shape index (κ2) is 8.01. The number of amides is 2. The van der Waals surface area contributed by atoms with Crippen molar-refractivity contribution in [2.45, 2.75) is 39.7 Å². The highest BCUT2D eigenvalue weighted by molar-refractivity contribution is 5.84. The van der Waals surface area contributed by atoms with Crippen LogP contribution in [0.3, 0.4) is 0 Å². The van der Waals surface area contributed by atoms with Gasteiger partial charge in [0, 0.05) is 57.6 Å². The van der Waals surface area contributed by atoms with Crippen LogP contribution in [0.1, 0.15) is 33.6 Å². The number of anilines is 1. The molecule has 0 unspecified atom stereocenters. The van der Waals surface area contributed by atoms with Crippen LogP contribution in [0.25, 0.3) is 0 Å². The van der Waals surface area contributed by atoms with Gasteiger partial charge in [0.2, 0.25) is 17.8 Å². The van der Waals surface area contributed by atoms with E-state index in [2.05, 4.69) is 28.7 Å². The van der Waals surface area contributed by atoms with E-state index in [1.165, 1.54) is 0 Å². The number of rotatable bonds is 4. The Morgan fingerprint density at radius 1 is 1.19 bits per heavy atom. The molecule has 2 aliphatic heterocycles. The van der Waals surface area contributed by atoms with Crippen LogP contribution in [-0.4, -0.2) is 70.3 Å². The van der Waals surface area contributed by atoms with E-state index in [4.69, 9.17) is 0 Å². The number of carbonyl (C=O) groups is 2. The van der Waals surface area contributed by atoms with Crippen LogP contribution in [0.4, 0.5) is 5.95 Å². The van der Waals surface area contributed by atoms with Crippen LogP contribution < -0.4 is 4.90 Å². The van der Waals surface area contributed by atoms with E-state index >= 15 is 0 Å². The lowest BCUT2D eigenvalue weighted by Gasteiger charge is -2.42. The number of likely N-dealkylation sites (tertiary alicyclic amines) is 1. The van der Waals surface area contributed by atoms with Crippen molar-refractivity contribution in [1.82, 2.24) is 19.8 Å². The third-order valence-corrected chi connectivity index (χ3v) is 5.37. The van der Waals surface area contributed by atoms with Crippen LogP contribution in [-0.2, 0) is 9.59 Å². The first-order valence-corrected chi connectivity index (χ1v) is 9.57. The molecule has 26 heavy (non-hydrogen) atoms. The van der Waals surface area contributed by atoms with Crippen LogP contribution in [0.5, 0.6) is 0 Å². The van der Waals surface area contributed by atoms with Crippen LogP contribution >= 0.6 is 0 Å². The van der Waals surface area contributed by atoms with Crippen molar-refractivity contribution < 1.29 is 9.59 Å². The first-order chi connectivity index (χ1) is 12.5. The largest absolute Gasteiger partial charge is 0.339 e. The lowest BCUT2D eigenvalue weighted by molar-refractivity contribution is -0.147. The molecule has 7 heteroatoms. The van der Waals surface area contributed by atoms with E-state index in [0.717, 1.165) is 25.6 Å². The molecule has 142 valence electrons. The molecule has 1 aromatic heterocycles. The summed E-state index contributed by atoms with van der Waals surface area (Å²) in [5.41, 5.74) is 0. The molecular weight excluding hydrogens is 330 g/mol. The molecule has 0 N–H and O–H groups in total. The molecule has 1 aromatic rings. The average Bonchev–Trinajstić information content (AvgIpc) is 2.65. The minimum absolute atomic E-state index is 0.0263. The van der Waals surface area contributed by atoms with Crippen LogP contribution in [0.2, 0.25) is 0 Å². The van der Waals surface area contributed by atoms with Gasteiger partial charge in [-0.1, -0.05) is 13.8 Å². The Hall–Kier alpha value is -2.18. The maximum absolute atomic E-state index is 13.1. The fourth-order valence-corrected chi connectivity index (χ4v) is 3.92. The Morgan fingerprint density at radius 2 is 1.85 bits per heavy atom. The number of carbonyl (C=O) groups excluding carboxylic acids is 2. The lowest BCUT2D eigenvalue weighted by Crippen LogP contribution is -2.56. The van der Waals surface area contributed by atoms with Gasteiger partial charge in [0.15, 0.2) is 0 Å². The van der Waals surface area contributed by atoms with Crippen molar-refractivity contribution >= 4 is 17.8 Å². The van der Waals surface area contributed by atoms with Crippen molar-refractivity contribution in [2.75, 3.05) is 37.6 Å². The van der Waals surface area contributed by atoms with Crippen molar-refractivity contribution in [3.05, 3.63) is 18.5 Å². The van der Waals surface area contributed by atoms with Gasteiger partial charge in [0.25, 0.3) is 0 Å². The van der Waals surface area contributed by atoms with E-state index in [9.17, 15) is 9.59 Å². The van der Waals surface area contributed by atoms with Crippen molar-refractivity contribution in [1.29, 1.82) is 0 Å². The lowest BCUT2D eigenvalue weighted by atomic mass is 9.87. The monoisotopic (exact) mass is 359 g/mol. The second-order valence-electron chi connectivity index (χ2n) is 7.69. The third kappa shape index (κ3) is 3.97. The first kappa shape index (κ1) is 18.6. The predicted octanol–water partition coefficient (Wildman–Crippen LogP) is 1.41. The molecule has 2 atom stereocenters. The summed E-state index contributed by atoms with van der Waals surface area (Å²) in [7, 11) is 0. The quantitative estimate of drug-likeness (QED) is 0.813. The fraction of sp³-hybridized carbons (Fsp3) is 0.684. The zero-order valence-corrected chi connectivity index (χ0v) is 16.0. The van der Waals surface area contributed by atoms with Gasteiger partial charge < -0.3 is 14.7 Å². The molecule has 3 heterocycles. The molecule has 0 aliphatic carbocycles. The van der Waals surface area contributed by atoms with Gasteiger partial charge in [-0.05, 0) is 25.3 Å². The number of piperazine rings is 1. The Bertz CT molecular complexity index is 628. The summed E-state index contributed by atoms with van der Waals surface area (Å²) in [5.74, 6) is 1.41. The number of aromatic nitrogens is 2. The highest BCUT2D eigenvalue weighted by Crippen LogP contribution is 2.27. The van der Waals surface area contributed by atoms with Gasteiger partial charge in [-0.3, -0.25) is 9.59 Å². The molecule has 0 saturated carbocycles.